The summed E-state index contributed by atoms with van der Waals surface area (Å²) in [4.78, 5) is 0. The predicted octanol–water partition coefficient (Wildman–Crippen LogP) is 4.76. The van der Waals surface area contributed by atoms with Crippen LogP contribution in [0.15, 0.2) is 18.2 Å². The molecule has 0 radical (unpaired) electrons. The van der Waals surface area contributed by atoms with E-state index in [0.717, 1.165) is 18.5 Å². The van der Waals surface area contributed by atoms with E-state index in [1.807, 2.05) is 13.0 Å². The maximum atomic E-state index is 13.3. The number of hydrogen-bond donors (Lipinski definition) is 1. The fourth-order valence-corrected chi connectivity index (χ4v) is 3.29. The Morgan fingerprint density at radius 1 is 1.26 bits per heavy atom. The van der Waals surface area contributed by atoms with Crippen LogP contribution in [0.2, 0.25) is 0 Å². The fraction of sp³-hybridized carbons (Fsp3) is 0.647. The van der Waals surface area contributed by atoms with E-state index < -0.39 is 0 Å². The zero-order valence-electron chi connectivity index (χ0n) is 12.2. The first-order chi connectivity index (χ1) is 9.22. The maximum absolute atomic E-state index is 13.3. The number of nitrogens with one attached hydrogen (secondary N) is 1. The van der Waals surface area contributed by atoms with Gasteiger partial charge >= 0.3 is 0 Å². The summed E-state index contributed by atoms with van der Waals surface area (Å²) in [6.45, 7) is 5.27. The largest absolute Gasteiger partial charge is 0.310 e. The number of rotatable bonds is 5. The second-order valence-electron chi connectivity index (χ2n) is 5.83. The van der Waals surface area contributed by atoms with Gasteiger partial charge in [0.1, 0.15) is 5.82 Å². The van der Waals surface area contributed by atoms with E-state index in [4.69, 9.17) is 0 Å². The van der Waals surface area contributed by atoms with Gasteiger partial charge in [-0.3, -0.25) is 0 Å². The first-order valence-corrected chi connectivity index (χ1v) is 7.71. The molecule has 106 valence electrons. The zero-order chi connectivity index (χ0) is 13.7. The Bertz CT molecular complexity index is 396. The highest BCUT2D eigenvalue weighted by molar-refractivity contribution is 5.30. The third-order valence-corrected chi connectivity index (χ3v) is 4.30. The quantitative estimate of drug-likeness (QED) is 0.808. The molecule has 0 aromatic heterocycles. The lowest BCUT2D eigenvalue weighted by atomic mass is 9.80. The summed E-state index contributed by atoms with van der Waals surface area (Å²) in [5.74, 6) is 0.587. The summed E-state index contributed by atoms with van der Waals surface area (Å²) in [6, 6.07) is 5.65. The van der Waals surface area contributed by atoms with Crippen LogP contribution >= 0.6 is 0 Å². The van der Waals surface area contributed by atoms with Crippen molar-refractivity contribution < 1.29 is 4.39 Å². The SMILES string of the molecule is CCCNC(c1ccc(F)cc1C)C1CCCCC1. The van der Waals surface area contributed by atoms with Crippen molar-refractivity contribution in [3.8, 4) is 0 Å². The van der Waals surface area contributed by atoms with E-state index in [1.165, 1.54) is 37.7 Å². The highest BCUT2D eigenvalue weighted by Crippen LogP contribution is 2.35. The van der Waals surface area contributed by atoms with E-state index in [1.54, 1.807) is 12.1 Å². The van der Waals surface area contributed by atoms with Gasteiger partial charge in [-0.25, -0.2) is 4.39 Å². The molecule has 1 aliphatic rings. The molecule has 2 heteroatoms. The zero-order valence-corrected chi connectivity index (χ0v) is 12.2. The van der Waals surface area contributed by atoms with E-state index >= 15 is 0 Å². The summed E-state index contributed by atoms with van der Waals surface area (Å²) < 4.78 is 13.3. The average molecular weight is 263 g/mol. The number of hydrogen-bond acceptors (Lipinski definition) is 1. The summed E-state index contributed by atoms with van der Waals surface area (Å²) in [6.07, 6.45) is 7.81. The second-order valence-corrected chi connectivity index (χ2v) is 5.83. The second kappa shape index (κ2) is 7.04. The van der Waals surface area contributed by atoms with E-state index in [2.05, 4.69) is 12.2 Å². The van der Waals surface area contributed by atoms with Gasteiger partial charge in [-0.05, 0) is 61.9 Å². The molecule has 0 saturated heterocycles. The normalized spacial score (nSPS) is 18.5. The lowest BCUT2D eigenvalue weighted by Gasteiger charge is -2.32. The molecule has 1 atom stereocenters. The number of benzene rings is 1. The fourth-order valence-electron chi connectivity index (χ4n) is 3.29. The van der Waals surface area contributed by atoms with E-state index in [0.29, 0.717) is 12.0 Å². The monoisotopic (exact) mass is 263 g/mol. The van der Waals surface area contributed by atoms with E-state index in [9.17, 15) is 4.39 Å². The number of aryl methyl sites for hydroxylation is 1. The lowest BCUT2D eigenvalue weighted by Crippen LogP contribution is -2.31. The molecule has 1 saturated carbocycles. The van der Waals surface area contributed by atoms with Gasteiger partial charge in [0.25, 0.3) is 0 Å². The van der Waals surface area contributed by atoms with Gasteiger partial charge in [0.05, 0.1) is 0 Å². The molecule has 0 aliphatic heterocycles. The van der Waals surface area contributed by atoms with Gasteiger partial charge in [0.15, 0.2) is 0 Å². The number of halogens is 1. The maximum Gasteiger partial charge on any atom is 0.123 e. The minimum Gasteiger partial charge on any atom is -0.310 e. The van der Waals surface area contributed by atoms with Crippen molar-refractivity contribution in [2.75, 3.05) is 6.54 Å². The molecule has 0 heterocycles. The molecular formula is C17H26FN. The van der Waals surface area contributed by atoms with Crippen molar-refractivity contribution in [3.05, 3.63) is 35.1 Å². The van der Waals surface area contributed by atoms with Gasteiger partial charge in [0, 0.05) is 6.04 Å². The molecule has 19 heavy (non-hydrogen) atoms. The Morgan fingerprint density at radius 3 is 2.63 bits per heavy atom. The first-order valence-electron chi connectivity index (χ1n) is 7.71. The van der Waals surface area contributed by atoms with Crippen molar-refractivity contribution >= 4 is 0 Å². The molecule has 0 bridgehead atoms. The van der Waals surface area contributed by atoms with Crippen LogP contribution < -0.4 is 5.32 Å². The van der Waals surface area contributed by atoms with Crippen LogP contribution in [0.5, 0.6) is 0 Å². The first kappa shape index (κ1) is 14.5. The molecule has 0 spiro atoms. The molecule has 1 nitrogen and oxygen atoms in total. The van der Waals surface area contributed by atoms with Gasteiger partial charge in [0.2, 0.25) is 0 Å². The molecule has 1 unspecified atom stereocenters. The summed E-state index contributed by atoms with van der Waals surface area (Å²) >= 11 is 0. The van der Waals surface area contributed by atoms with Gasteiger partial charge < -0.3 is 5.32 Å². The Labute approximate surface area is 116 Å². The molecule has 1 aromatic carbocycles. The molecule has 1 fully saturated rings. The highest BCUT2D eigenvalue weighted by atomic mass is 19.1. The van der Waals surface area contributed by atoms with Gasteiger partial charge in [-0.1, -0.05) is 32.3 Å². The molecule has 2 rings (SSSR count). The third-order valence-electron chi connectivity index (χ3n) is 4.30. The summed E-state index contributed by atoms with van der Waals surface area (Å²) in [5, 5.41) is 3.69. The molecule has 1 aliphatic carbocycles. The molecule has 1 aromatic rings. The van der Waals surface area contributed by atoms with Crippen LogP contribution in [-0.2, 0) is 0 Å². The predicted molar refractivity (Wildman–Crippen MR) is 78.7 cm³/mol. The minimum absolute atomic E-state index is 0.126. The van der Waals surface area contributed by atoms with Crippen molar-refractivity contribution in [1.82, 2.24) is 5.32 Å². The smallest absolute Gasteiger partial charge is 0.123 e. The molecule has 1 N–H and O–H groups in total. The summed E-state index contributed by atoms with van der Waals surface area (Å²) in [7, 11) is 0. The van der Waals surface area contributed by atoms with Crippen LogP contribution in [0, 0.1) is 18.7 Å². The van der Waals surface area contributed by atoms with Crippen LogP contribution in [0.1, 0.15) is 62.6 Å². The van der Waals surface area contributed by atoms with Crippen LogP contribution in [0.3, 0.4) is 0 Å². The average Bonchev–Trinajstić information content (AvgIpc) is 2.42. The summed E-state index contributed by atoms with van der Waals surface area (Å²) in [5.41, 5.74) is 2.38. The third kappa shape index (κ3) is 3.79. The van der Waals surface area contributed by atoms with E-state index in [-0.39, 0.29) is 5.82 Å². The Morgan fingerprint density at radius 2 is 2.00 bits per heavy atom. The van der Waals surface area contributed by atoms with Crippen molar-refractivity contribution in [2.24, 2.45) is 5.92 Å². The van der Waals surface area contributed by atoms with Gasteiger partial charge in [-0.15, -0.1) is 0 Å². The molecular weight excluding hydrogens is 237 g/mol. The Balaban J connectivity index is 2.19. The van der Waals surface area contributed by atoms with Crippen molar-refractivity contribution in [3.63, 3.8) is 0 Å². The minimum atomic E-state index is -0.126. The van der Waals surface area contributed by atoms with Crippen LogP contribution in [0.25, 0.3) is 0 Å². The van der Waals surface area contributed by atoms with Crippen molar-refractivity contribution in [1.29, 1.82) is 0 Å². The van der Waals surface area contributed by atoms with Crippen molar-refractivity contribution in [2.45, 2.75) is 58.4 Å². The van der Waals surface area contributed by atoms with Crippen LogP contribution in [-0.4, -0.2) is 6.54 Å². The molecule has 0 amide bonds. The Kier molecular flexibility index (Phi) is 5.38. The standard InChI is InChI=1S/C17H26FN/c1-3-11-19-17(14-7-5-4-6-8-14)16-10-9-15(18)12-13(16)2/h9-10,12,14,17,19H,3-8,11H2,1-2H3. The van der Waals surface area contributed by atoms with Gasteiger partial charge in [-0.2, -0.15) is 0 Å². The topological polar surface area (TPSA) is 12.0 Å². The Hall–Kier alpha value is -0.890. The highest BCUT2D eigenvalue weighted by Gasteiger charge is 2.25. The lowest BCUT2D eigenvalue weighted by molar-refractivity contribution is 0.271. The van der Waals surface area contributed by atoms with Crippen LogP contribution in [0.4, 0.5) is 4.39 Å².